The largest absolute Gasteiger partial charge is 0.448 e. The van der Waals surface area contributed by atoms with Gasteiger partial charge in [-0.2, -0.15) is 0 Å². The lowest BCUT2D eigenvalue weighted by Gasteiger charge is -2.47. The Kier molecular flexibility index (Phi) is 6.12. The number of rotatable bonds is 4. The summed E-state index contributed by atoms with van der Waals surface area (Å²) in [5.41, 5.74) is 8.99. The molecule has 2 atom stereocenters. The lowest BCUT2D eigenvalue weighted by atomic mass is 9.79. The fraction of sp³-hybridized carbons (Fsp3) is 0.375. The van der Waals surface area contributed by atoms with E-state index in [0.29, 0.717) is 32.7 Å². The van der Waals surface area contributed by atoms with Crippen LogP contribution in [0, 0.1) is 26.7 Å². The number of Topliss-reactive ketones (excluding diaryl/α,β-unsaturated/α-hetero) is 1. The molecule has 3 aromatic carbocycles. The van der Waals surface area contributed by atoms with Gasteiger partial charge in [-0.05, 0) is 78.6 Å². The Labute approximate surface area is 218 Å². The van der Waals surface area contributed by atoms with Crippen LogP contribution in [0.4, 0.5) is 4.79 Å². The molecule has 6 rings (SSSR count). The summed E-state index contributed by atoms with van der Waals surface area (Å²) in [7, 11) is 0. The van der Waals surface area contributed by atoms with Gasteiger partial charge in [-0.3, -0.25) is 9.69 Å². The minimum atomic E-state index is -0.298. The van der Waals surface area contributed by atoms with Crippen LogP contribution in [-0.4, -0.2) is 48.7 Å². The number of carbonyl (C=O) groups is 2. The van der Waals surface area contributed by atoms with Crippen LogP contribution in [0.15, 0.2) is 60.7 Å². The number of ketones is 1. The minimum absolute atomic E-state index is 0.0271. The lowest BCUT2D eigenvalue weighted by molar-refractivity contribution is -0.0747. The van der Waals surface area contributed by atoms with Crippen molar-refractivity contribution < 1.29 is 19.1 Å². The SMILES string of the molecule is Cc1cc(C)c(C(=O)C2CC3COCC(C2)N3C(=O)OCC2c3ccccc3-c3ccccc32)cc1C. The van der Waals surface area contributed by atoms with Crippen molar-refractivity contribution in [1.29, 1.82) is 0 Å². The topological polar surface area (TPSA) is 55.8 Å². The first-order valence-corrected chi connectivity index (χ1v) is 13.3. The summed E-state index contributed by atoms with van der Waals surface area (Å²) in [6, 6.07) is 20.5. The molecular formula is C32H33NO4. The van der Waals surface area contributed by atoms with Gasteiger partial charge in [0.15, 0.2) is 5.78 Å². The molecule has 1 aliphatic carbocycles. The van der Waals surface area contributed by atoms with Crippen molar-refractivity contribution in [2.75, 3.05) is 19.8 Å². The minimum Gasteiger partial charge on any atom is -0.448 e. The highest BCUT2D eigenvalue weighted by Gasteiger charge is 2.45. The van der Waals surface area contributed by atoms with Crippen LogP contribution in [-0.2, 0) is 9.47 Å². The second-order valence-electron chi connectivity index (χ2n) is 10.8. The molecule has 3 aromatic rings. The number of hydrogen-bond acceptors (Lipinski definition) is 4. The number of aryl methyl sites for hydroxylation is 3. The smallest absolute Gasteiger partial charge is 0.410 e. The maximum Gasteiger partial charge on any atom is 0.410 e. The van der Waals surface area contributed by atoms with E-state index in [1.54, 1.807) is 0 Å². The Balaban J connectivity index is 1.17. The molecule has 2 bridgehead atoms. The molecule has 0 radical (unpaired) electrons. The fourth-order valence-electron chi connectivity index (χ4n) is 6.54. The van der Waals surface area contributed by atoms with Gasteiger partial charge < -0.3 is 9.47 Å². The van der Waals surface area contributed by atoms with E-state index in [2.05, 4.69) is 49.4 Å². The van der Waals surface area contributed by atoms with Gasteiger partial charge in [-0.15, -0.1) is 0 Å². The molecule has 2 fully saturated rings. The third kappa shape index (κ3) is 4.15. The van der Waals surface area contributed by atoms with Crippen LogP contribution in [0.3, 0.4) is 0 Å². The number of carbonyl (C=O) groups excluding carboxylic acids is 2. The first kappa shape index (κ1) is 23.9. The van der Waals surface area contributed by atoms with Gasteiger partial charge >= 0.3 is 6.09 Å². The number of fused-ring (bicyclic) bond motifs is 5. The number of benzene rings is 3. The Hall–Kier alpha value is -3.44. The van der Waals surface area contributed by atoms with Crippen LogP contribution in [0.25, 0.3) is 11.1 Å². The molecule has 2 heterocycles. The molecule has 2 unspecified atom stereocenters. The highest BCUT2D eigenvalue weighted by Crippen LogP contribution is 2.45. The predicted molar refractivity (Wildman–Crippen MR) is 143 cm³/mol. The first-order valence-electron chi connectivity index (χ1n) is 13.3. The van der Waals surface area contributed by atoms with Crippen molar-refractivity contribution in [1.82, 2.24) is 4.90 Å². The van der Waals surface area contributed by atoms with Gasteiger partial charge in [0.2, 0.25) is 0 Å². The van der Waals surface area contributed by atoms with E-state index in [9.17, 15) is 9.59 Å². The third-order valence-corrected chi connectivity index (χ3v) is 8.54. The molecule has 37 heavy (non-hydrogen) atoms. The van der Waals surface area contributed by atoms with E-state index in [4.69, 9.17) is 9.47 Å². The van der Waals surface area contributed by atoms with Crippen molar-refractivity contribution in [3.05, 3.63) is 94.0 Å². The molecule has 190 valence electrons. The first-order chi connectivity index (χ1) is 17.9. The molecule has 1 amide bonds. The molecule has 0 saturated carbocycles. The van der Waals surface area contributed by atoms with Crippen LogP contribution in [0.1, 0.15) is 56.9 Å². The van der Waals surface area contributed by atoms with E-state index < -0.39 is 0 Å². The second kappa shape index (κ2) is 9.46. The van der Waals surface area contributed by atoms with E-state index >= 15 is 0 Å². The number of amides is 1. The summed E-state index contributed by atoms with van der Waals surface area (Å²) in [4.78, 5) is 28.8. The number of ether oxygens (including phenoxy) is 2. The molecule has 5 nitrogen and oxygen atoms in total. The van der Waals surface area contributed by atoms with E-state index in [-0.39, 0.29) is 35.8 Å². The van der Waals surface area contributed by atoms with Crippen LogP contribution in [0.2, 0.25) is 0 Å². The Morgan fingerprint density at radius 1 is 0.838 bits per heavy atom. The standard InChI is InChI=1S/C32H33NO4/c1-19-12-21(3)29(13-20(19)2)31(34)22-14-23-16-36-17-24(15-22)33(23)32(35)37-18-30-27-10-6-4-8-25(27)26-9-5-7-11-28(26)30/h4-13,22-24,30H,14-18H2,1-3H3. The summed E-state index contributed by atoms with van der Waals surface area (Å²) in [5, 5.41) is 0. The number of morpholine rings is 1. The summed E-state index contributed by atoms with van der Waals surface area (Å²) < 4.78 is 11.8. The number of nitrogens with zero attached hydrogens (tertiary/aromatic N) is 1. The van der Waals surface area contributed by atoms with Gasteiger partial charge in [-0.25, -0.2) is 4.79 Å². The Morgan fingerprint density at radius 2 is 1.41 bits per heavy atom. The molecule has 0 aromatic heterocycles. The van der Waals surface area contributed by atoms with Gasteiger partial charge in [0.05, 0.1) is 25.3 Å². The van der Waals surface area contributed by atoms with Crippen LogP contribution in [0.5, 0.6) is 0 Å². The summed E-state index contributed by atoms with van der Waals surface area (Å²) in [5.74, 6) is 0.0985. The van der Waals surface area contributed by atoms with Crippen molar-refractivity contribution >= 4 is 11.9 Å². The fourth-order valence-corrected chi connectivity index (χ4v) is 6.54. The summed E-state index contributed by atoms with van der Waals surface area (Å²) >= 11 is 0. The lowest BCUT2D eigenvalue weighted by Crippen LogP contribution is -2.60. The van der Waals surface area contributed by atoms with Crippen LogP contribution >= 0.6 is 0 Å². The number of piperidine rings is 1. The zero-order chi connectivity index (χ0) is 25.7. The maximum atomic E-state index is 13.5. The van der Waals surface area contributed by atoms with Gasteiger partial charge in [0.25, 0.3) is 0 Å². The molecule has 0 N–H and O–H groups in total. The van der Waals surface area contributed by atoms with Gasteiger partial charge in [0, 0.05) is 17.4 Å². The van der Waals surface area contributed by atoms with Crippen molar-refractivity contribution in [3.8, 4) is 11.1 Å². The van der Waals surface area contributed by atoms with E-state index in [0.717, 1.165) is 16.7 Å². The molecule has 0 spiro atoms. The molecule has 2 aliphatic heterocycles. The zero-order valence-corrected chi connectivity index (χ0v) is 21.7. The average molecular weight is 496 g/mol. The summed E-state index contributed by atoms with van der Waals surface area (Å²) in [6.45, 7) is 7.31. The highest BCUT2D eigenvalue weighted by atomic mass is 16.6. The van der Waals surface area contributed by atoms with Crippen LogP contribution < -0.4 is 0 Å². The average Bonchev–Trinajstić information content (AvgIpc) is 3.22. The second-order valence-corrected chi connectivity index (χ2v) is 10.8. The molecule has 5 heteroatoms. The van der Waals surface area contributed by atoms with E-state index in [1.165, 1.54) is 27.8 Å². The monoisotopic (exact) mass is 495 g/mol. The number of hydrogen-bond donors (Lipinski definition) is 0. The van der Waals surface area contributed by atoms with E-state index in [1.807, 2.05) is 36.9 Å². The van der Waals surface area contributed by atoms with Gasteiger partial charge in [0.1, 0.15) is 6.61 Å². The zero-order valence-electron chi connectivity index (χ0n) is 21.7. The molecule has 3 aliphatic rings. The quantitative estimate of drug-likeness (QED) is 0.403. The highest BCUT2D eigenvalue weighted by molar-refractivity contribution is 5.99. The third-order valence-electron chi connectivity index (χ3n) is 8.54. The molecule has 2 saturated heterocycles. The Morgan fingerprint density at radius 3 is 2.03 bits per heavy atom. The van der Waals surface area contributed by atoms with Gasteiger partial charge in [-0.1, -0.05) is 54.6 Å². The Bertz CT molecular complexity index is 1320. The normalized spacial score (nSPS) is 22.4. The predicted octanol–water partition coefficient (Wildman–Crippen LogP) is 6.22. The maximum absolute atomic E-state index is 13.5. The van der Waals surface area contributed by atoms with Crippen molar-refractivity contribution in [2.24, 2.45) is 5.92 Å². The van der Waals surface area contributed by atoms with Crippen molar-refractivity contribution in [3.63, 3.8) is 0 Å². The molecular weight excluding hydrogens is 462 g/mol. The van der Waals surface area contributed by atoms with Crippen molar-refractivity contribution in [2.45, 2.75) is 51.6 Å². The summed E-state index contributed by atoms with van der Waals surface area (Å²) in [6.07, 6.45) is 0.908.